The summed E-state index contributed by atoms with van der Waals surface area (Å²) >= 11 is 0. The minimum absolute atomic E-state index is 0.110. The van der Waals surface area contributed by atoms with E-state index >= 15 is 0 Å². The molecule has 2 heterocycles. The van der Waals surface area contributed by atoms with Crippen molar-refractivity contribution in [2.45, 2.75) is 49.1 Å². The van der Waals surface area contributed by atoms with E-state index in [1.165, 1.54) is 12.4 Å². The van der Waals surface area contributed by atoms with Crippen LogP contribution < -0.4 is 15.4 Å². The molecule has 4 N–H and O–H groups in total. The first-order valence-electron chi connectivity index (χ1n) is 14.3. The topological polar surface area (TPSA) is 124 Å². The summed E-state index contributed by atoms with van der Waals surface area (Å²) < 4.78 is 43.2. The van der Waals surface area contributed by atoms with E-state index in [4.69, 9.17) is 0 Å². The highest BCUT2D eigenvalue weighted by Crippen LogP contribution is 2.25. The molecule has 42 heavy (non-hydrogen) atoms. The molecule has 0 saturated carbocycles. The summed E-state index contributed by atoms with van der Waals surface area (Å²) in [6, 6.07) is 17.1. The number of hydrogen-bond acceptors (Lipinski definition) is 7. The van der Waals surface area contributed by atoms with Crippen molar-refractivity contribution < 1.29 is 22.7 Å². The number of aliphatic hydroxyl groups is 1. The fourth-order valence-corrected chi connectivity index (χ4v) is 6.58. The Morgan fingerprint density at radius 3 is 2.38 bits per heavy atom. The van der Waals surface area contributed by atoms with Gasteiger partial charge in [-0.25, -0.2) is 8.42 Å². The molecular formula is C31H40FN5O4S. The van der Waals surface area contributed by atoms with Crippen LogP contribution >= 0.6 is 0 Å². The number of carbonyl (C=O) groups excluding carboxylic acids is 1. The van der Waals surface area contributed by atoms with Crippen LogP contribution in [0.2, 0.25) is 0 Å². The van der Waals surface area contributed by atoms with Crippen LogP contribution in [0.3, 0.4) is 0 Å². The first-order chi connectivity index (χ1) is 20.3. The molecule has 9 nitrogen and oxygen atoms in total. The second-order valence-electron chi connectivity index (χ2n) is 10.7. The molecule has 1 amide bonds. The normalized spacial score (nSPS) is 15.6. The number of likely N-dealkylation sites (tertiary alicyclic amines) is 1. The Morgan fingerprint density at radius 1 is 1.05 bits per heavy atom. The number of aromatic nitrogens is 1. The number of benzene rings is 2. The molecule has 1 fully saturated rings. The molecule has 0 spiro atoms. The number of rotatable bonds is 14. The third-order valence-corrected chi connectivity index (χ3v) is 9.20. The number of sulfonamides is 1. The van der Waals surface area contributed by atoms with Crippen LogP contribution in [0, 0.1) is 5.92 Å². The largest absolute Gasteiger partial charge is 0.394 e. The molecule has 3 aromatic rings. The van der Waals surface area contributed by atoms with Gasteiger partial charge in [0.05, 0.1) is 25.0 Å². The highest BCUT2D eigenvalue weighted by Gasteiger charge is 2.33. The fourth-order valence-electron chi connectivity index (χ4n) is 5.28. The number of pyridine rings is 1. The van der Waals surface area contributed by atoms with Crippen LogP contribution in [-0.4, -0.2) is 74.8 Å². The summed E-state index contributed by atoms with van der Waals surface area (Å²) in [5, 5.41) is 16.2. The Kier molecular flexibility index (Phi) is 11.3. The van der Waals surface area contributed by atoms with Gasteiger partial charge in [0.2, 0.25) is 15.9 Å². The van der Waals surface area contributed by atoms with Crippen LogP contribution in [0.25, 0.3) is 0 Å². The zero-order chi connectivity index (χ0) is 30.0. The fraction of sp³-hybridized carbons (Fsp3) is 0.419. The van der Waals surface area contributed by atoms with Gasteiger partial charge in [-0.3, -0.25) is 14.2 Å². The second kappa shape index (κ2) is 15.1. The third kappa shape index (κ3) is 8.50. The lowest BCUT2D eigenvalue weighted by Crippen LogP contribution is -2.51. The lowest BCUT2D eigenvalue weighted by Gasteiger charge is -2.34. The van der Waals surface area contributed by atoms with Gasteiger partial charge in [-0.15, -0.1) is 0 Å². The van der Waals surface area contributed by atoms with E-state index in [0.29, 0.717) is 38.8 Å². The number of piperidine rings is 1. The number of nitrogens with one attached hydrogen (secondary N) is 3. The standard InChI is InChI=1S/C31H40FN5O4S/c1-33-26-9-7-25(8-10-26)20-29(31(39)37-17-13-23(11-15-32)14-18-37)36-42(40,41)30-21-34-16-12-28(30)35-27(22-38)19-24-5-3-2-4-6-24/h2-10,12,16,21,23,27,29,33,36,38H,11,13-15,17-20,22H2,1H3,(H,34,35)/t27-,29-/m0/s1. The SMILES string of the molecule is CNc1ccc(C[C@H](NS(=O)(=O)c2cnccc2N[C@H](CO)Cc2ccccc2)C(=O)N2CCC(CCF)CC2)cc1. The van der Waals surface area contributed by atoms with Gasteiger partial charge in [-0.05, 0) is 67.3 Å². The van der Waals surface area contributed by atoms with E-state index in [1.807, 2.05) is 61.6 Å². The maximum absolute atomic E-state index is 13.8. The van der Waals surface area contributed by atoms with E-state index in [9.17, 15) is 22.7 Å². The molecule has 2 atom stereocenters. The number of anilines is 2. The second-order valence-corrected chi connectivity index (χ2v) is 12.3. The molecule has 11 heteroatoms. The Morgan fingerprint density at radius 2 is 1.74 bits per heavy atom. The average molecular weight is 598 g/mol. The van der Waals surface area contributed by atoms with Crippen molar-refractivity contribution in [3.05, 3.63) is 84.2 Å². The van der Waals surface area contributed by atoms with Crippen molar-refractivity contribution >= 4 is 27.3 Å². The van der Waals surface area contributed by atoms with Gasteiger partial charge < -0.3 is 20.6 Å². The summed E-state index contributed by atoms with van der Waals surface area (Å²) in [7, 11) is -2.41. The van der Waals surface area contributed by atoms with Gasteiger partial charge >= 0.3 is 0 Å². The highest BCUT2D eigenvalue weighted by atomic mass is 32.2. The first-order valence-corrected chi connectivity index (χ1v) is 15.8. The van der Waals surface area contributed by atoms with Crippen LogP contribution in [0.15, 0.2) is 78.0 Å². The maximum Gasteiger partial charge on any atom is 0.244 e. The number of carbonyl (C=O) groups is 1. The quantitative estimate of drug-likeness (QED) is 0.224. The van der Waals surface area contributed by atoms with Crippen molar-refractivity contribution in [1.82, 2.24) is 14.6 Å². The van der Waals surface area contributed by atoms with Gasteiger partial charge in [0.1, 0.15) is 10.9 Å². The Balaban J connectivity index is 1.56. The zero-order valence-corrected chi connectivity index (χ0v) is 24.7. The van der Waals surface area contributed by atoms with Gasteiger partial charge in [-0.1, -0.05) is 42.5 Å². The van der Waals surface area contributed by atoms with Crippen LogP contribution in [0.5, 0.6) is 0 Å². The molecule has 1 aromatic heterocycles. The Bertz CT molecular complexity index is 1380. The molecule has 1 saturated heterocycles. The number of aliphatic hydroxyl groups excluding tert-OH is 1. The van der Waals surface area contributed by atoms with Crippen LogP contribution in [0.4, 0.5) is 15.8 Å². The third-order valence-electron chi connectivity index (χ3n) is 7.70. The predicted octanol–water partition coefficient (Wildman–Crippen LogP) is 3.63. The van der Waals surface area contributed by atoms with Crippen molar-refractivity contribution in [2.24, 2.45) is 5.92 Å². The van der Waals surface area contributed by atoms with Crippen molar-refractivity contribution in [3.8, 4) is 0 Å². The Labute approximate surface area is 247 Å². The number of hydrogen-bond donors (Lipinski definition) is 4. The lowest BCUT2D eigenvalue weighted by molar-refractivity contribution is -0.134. The molecule has 0 aliphatic carbocycles. The summed E-state index contributed by atoms with van der Waals surface area (Å²) in [5.74, 6) is -0.0895. The minimum Gasteiger partial charge on any atom is -0.394 e. The van der Waals surface area contributed by atoms with E-state index in [1.54, 1.807) is 11.0 Å². The lowest BCUT2D eigenvalue weighted by atomic mass is 9.93. The number of alkyl halides is 1. The van der Waals surface area contributed by atoms with E-state index in [2.05, 4.69) is 20.3 Å². The molecule has 0 bridgehead atoms. The molecular weight excluding hydrogens is 557 g/mol. The molecule has 2 aromatic carbocycles. The van der Waals surface area contributed by atoms with E-state index in [-0.39, 0.29) is 42.1 Å². The van der Waals surface area contributed by atoms with Crippen LogP contribution in [0.1, 0.15) is 30.4 Å². The summed E-state index contributed by atoms with van der Waals surface area (Å²) in [4.78, 5) is 19.4. The number of nitrogens with zero attached hydrogens (tertiary/aromatic N) is 2. The molecule has 1 aliphatic heterocycles. The predicted molar refractivity (Wildman–Crippen MR) is 163 cm³/mol. The monoisotopic (exact) mass is 597 g/mol. The number of halogens is 1. The summed E-state index contributed by atoms with van der Waals surface area (Å²) in [5.41, 5.74) is 2.97. The van der Waals surface area contributed by atoms with Gasteiger partial charge in [0, 0.05) is 38.2 Å². The minimum atomic E-state index is -4.22. The first kappa shape index (κ1) is 31.4. The van der Waals surface area contributed by atoms with Crippen molar-refractivity contribution in [1.29, 1.82) is 0 Å². The Hall–Kier alpha value is -3.54. The van der Waals surface area contributed by atoms with Crippen molar-refractivity contribution in [3.63, 3.8) is 0 Å². The molecule has 4 rings (SSSR count). The number of amides is 1. The molecule has 226 valence electrons. The smallest absolute Gasteiger partial charge is 0.244 e. The molecule has 1 aliphatic rings. The summed E-state index contributed by atoms with van der Waals surface area (Å²) in [6.07, 6.45) is 5.21. The van der Waals surface area contributed by atoms with Gasteiger partial charge in [0.15, 0.2) is 0 Å². The van der Waals surface area contributed by atoms with Crippen LogP contribution in [-0.2, 0) is 27.7 Å². The zero-order valence-electron chi connectivity index (χ0n) is 23.9. The van der Waals surface area contributed by atoms with E-state index < -0.39 is 22.1 Å². The average Bonchev–Trinajstić information content (AvgIpc) is 3.01. The van der Waals surface area contributed by atoms with E-state index in [0.717, 1.165) is 16.8 Å². The van der Waals surface area contributed by atoms with Crippen molar-refractivity contribution in [2.75, 3.05) is 44.1 Å². The van der Waals surface area contributed by atoms with Gasteiger partial charge in [-0.2, -0.15) is 4.72 Å². The molecule has 0 radical (unpaired) electrons. The van der Waals surface area contributed by atoms with Gasteiger partial charge in [0.25, 0.3) is 0 Å². The maximum atomic E-state index is 13.8. The molecule has 0 unspecified atom stereocenters. The highest BCUT2D eigenvalue weighted by molar-refractivity contribution is 7.89. The summed E-state index contributed by atoms with van der Waals surface area (Å²) in [6.45, 7) is 0.315.